The lowest BCUT2D eigenvalue weighted by Crippen LogP contribution is -2.35. The van der Waals surface area contributed by atoms with Crippen molar-refractivity contribution < 1.29 is 9.59 Å². The number of anilines is 1. The van der Waals surface area contributed by atoms with E-state index >= 15 is 0 Å². The van der Waals surface area contributed by atoms with Crippen LogP contribution in [0.1, 0.15) is 80.3 Å². The molecule has 0 fully saturated rings. The van der Waals surface area contributed by atoms with Gasteiger partial charge in [0, 0.05) is 49.7 Å². The maximum atomic E-state index is 13.9. The van der Waals surface area contributed by atoms with Crippen LogP contribution in [-0.2, 0) is 11.3 Å². The molecule has 196 valence electrons. The molecule has 0 saturated heterocycles. The summed E-state index contributed by atoms with van der Waals surface area (Å²) < 4.78 is 1.81. The Morgan fingerprint density at radius 3 is 2.35 bits per heavy atom. The average Bonchev–Trinajstić information content (AvgIpc) is 3.42. The molecule has 1 aromatic heterocycles. The zero-order chi connectivity index (χ0) is 26.2. The number of para-hydroxylation sites is 1. The van der Waals surface area contributed by atoms with Gasteiger partial charge in [-0.3, -0.25) is 9.59 Å². The molecule has 6 heteroatoms. The third-order valence-electron chi connectivity index (χ3n) is 7.08. The van der Waals surface area contributed by atoms with Crippen molar-refractivity contribution in [2.75, 3.05) is 18.0 Å². The summed E-state index contributed by atoms with van der Waals surface area (Å²) in [5.41, 5.74) is 4.59. The number of rotatable bonds is 4. The number of nitrogens with zero attached hydrogens (tertiary/aromatic N) is 4. The fraction of sp³-hybridized carbons (Fsp3) is 0.452. The van der Waals surface area contributed by atoms with Crippen LogP contribution < -0.4 is 4.90 Å². The van der Waals surface area contributed by atoms with E-state index in [1.54, 1.807) is 10.9 Å². The maximum absolute atomic E-state index is 13.9. The van der Waals surface area contributed by atoms with Crippen LogP contribution in [0.2, 0.25) is 0 Å². The lowest BCUT2D eigenvalue weighted by Gasteiger charge is -2.29. The summed E-state index contributed by atoms with van der Waals surface area (Å²) >= 11 is 0. The fourth-order valence-corrected chi connectivity index (χ4v) is 5.07. The van der Waals surface area contributed by atoms with E-state index in [0.717, 1.165) is 67.6 Å². The van der Waals surface area contributed by atoms with Gasteiger partial charge < -0.3 is 9.80 Å². The van der Waals surface area contributed by atoms with Crippen LogP contribution in [0.15, 0.2) is 60.9 Å². The van der Waals surface area contributed by atoms with Crippen molar-refractivity contribution in [1.29, 1.82) is 0 Å². The number of aryl methyl sites for hydroxylation is 1. The van der Waals surface area contributed by atoms with Gasteiger partial charge in [0.2, 0.25) is 5.91 Å². The number of benzene rings is 2. The number of carbonyl (C=O) groups excluding carboxylic acids is 2. The summed E-state index contributed by atoms with van der Waals surface area (Å²) in [5, 5.41) is 4.37. The maximum Gasteiger partial charge on any atom is 0.254 e. The molecule has 0 unspecified atom stereocenters. The number of amides is 2. The van der Waals surface area contributed by atoms with Gasteiger partial charge in [-0.2, -0.15) is 5.10 Å². The second kappa shape index (κ2) is 12.7. The quantitative estimate of drug-likeness (QED) is 0.408. The first kappa shape index (κ1) is 26.6. The van der Waals surface area contributed by atoms with E-state index in [2.05, 4.69) is 25.0 Å². The molecule has 0 bridgehead atoms. The normalized spacial score (nSPS) is 15.5. The first-order chi connectivity index (χ1) is 17.9. The van der Waals surface area contributed by atoms with Gasteiger partial charge in [0.1, 0.15) is 0 Å². The van der Waals surface area contributed by atoms with Crippen LogP contribution in [0.3, 0.4) is 0 Å². The molecule has 4 rings (SSSR count). The van der Waals surface area contributed by atoms with Crippen LogP contribution in [0, 0.1) is 12.8 Å². The lowest BCUT2D eigenvalue weighted by molar-refractivity contribution is -0.119. The molecule has 0 radical (unpaired) electrons. The van der Waals surface area contributed by atoms with Crippen LogP contribution in [0.5, 0.6) is 0 Å². The number of fused-ring (bicyclic) bond motifs is 1. The van der Waals surface area contributed by atoms with E-state index in [0.29, 0.717) is 31.0 Å². The van der Waals surface area contributed by atoms with Gasteiger partial charge in [0.15, 0.2) is 0 Å². The van der Waals surface area contributed by atoms with Gasteiger partial charge in [-0.05, 0) is 61.1 Å². The largest absolute Gasteiger partial charge is 0.334 e. The monoisotopic (exact) mass is 500 g/mol. The van der Waals surface area contributed by atoms with Gasteiger partial charge >= 0.3 is 0 Å². The van der Waals surface area contributed by atoms with E-state index in [-0.39, 0.29) is 11.8 Å². The van der Waals surface area contributed by atoms with Gasteiger partial charge in [-0.15, -0.1) is 0 Å². The Kier molecular flexibility index (Phi) is 9.15. The highest BCUT2D eigenvalue weighted by molar-refractivity contribution is 5.96. The SMILES string of the molecule is Cc1ccc(C(=O)N2CCCCCCCCN(C(=O)CC(C)C)c3ccccc3C2)cc1-n1cccn1. The van der Waals surface area contributed by atoms with E-state index in [4.69, 9.17) is 0 Å². The van der Waals surface area contributed by atoms with Crippen LogP contribution >= 0.6 is 0 Å². The molecule has 2 heterocycles. The summed E-state index contributed by atoms with van der Waals surface area (Å²) in [6, 6.07) is 15.8. The van der Waals surface area contributed by atoms with Crippen molar-refractivity contribution in [3.8, 4) is 5.69 Å². The van der Waals surface area contributed by atoms with Gasteiger partial charge in [-0.25, -0.2) is 4.68 Å². The van der Waals surface area contributed by atoms with Crippen LogP contribution in [0.25, 0.3) is 5.69 Å². The second-order valence-electron chi connectivity index (χ2n) is 10.6. The molecule has 2 aromatic carbocycles. The Morgan fingerprint density at radius 1 is 0.892 bits per heavy atom. The lowest BCUT2D eigenvalue weighted by atomic mass is 10.1. The Hall–Kier alpha value is -3.41. The first-order valence-electron chi connectivity index (χ1n) is 13.7. The van der Waals surface area contributed by atoms with Crippen molar-refractivity contribution in [3.63, 3.8) is 0 Å². The van der Waals surface area contributed by atoms with Crippen molar-refractivity contribution >= 4 is 17.5 Å². The number of hydrogen-bond donors (Lipinski definition) is 0. The summed E-state index contributed by atoms with van der Waals surface area (Å²) in [4.78, 5) is 31.1. The zero-order valence-electron chi connectivity index (χ0n) is 22.5. The van der Waals surface area contributed by atoms with Crippen molar-refractivity contribution in [3.05, 3.63) is 77.6 Å². The van der Waals surface area contributed by atoms with Gasteiger partial charge in [-0.1, -0.05) is 63.8 Å². The Balaban J connectivity index is 1.67. The molecule has 0 N–H and O–H groups in total. The smallest absolute Gasteiger partial charge is 0.254 e. The molecule has 0 aliphatic carbocycles. The van der Waals surface area contributed by atoms with Crippen molar-refractivity contribution in [2.24, 2.45) is 5.92 Å². The molecular formula is C31H40N4O2. The third kappa shape index (κ3) is 6.88. The summed E-state index contributed by atoms with van der Waals surface area (Å²) in [5.74, 6) is 0.476. The van der Waals surface area contributed by atoms with Crippen molar-refractivity contribution in [2.45, 2.75) is 72.3 Å². The van der Waals surface area contributed by atoms with E-state index in [1.807, 2.05) is 65.4 Å². The summed E-state index contributed by atoms with van der Waals surface area (Å²) in [6.45, 7) is 8.10. The molecule has 0 spiro atoms. The summed E-state index contributed by atoms with van der Waals surface area (Å²) in [7, 11) is 0. The van der Waals surface area contributed by atoms with Gasteiger partial charge in [0.25, 0.3) is 5.91 Å². The molecule has 0 atom stereocenters. The molecule has 6 nitrogen and oxygen atoms in total. The predicted octanol–water partition coefficient (Wildman–Crippen LogP) is 6.56. The van der Waals surface area contributed by atoms with E-state index in [1.165, 1.54) is 0 Å². The molecule has 1 aliphatic heterocycles. The van der Waals surface area contributed by atoms with Crippen LogP contribution in [0.4, 0.5) is 5.69 Å². The Labute approximate surface area is 221 Å². The van der Waals surface area contributed by atoms with E-state index < -0.39 is 0 Å². The summed E-state index contributed by atoms with van der Waals surface area (Å²) in [6.07, 6.45) is 10.7. The fourth-order valence-electron chi connectivity index (χ4n) is 5.07. The second-order valence-corrected chi connectivity index (χ2v) is 10.6. The number of carbonyl (C=O) groups is 2. The average molecular weight is 501 g/mol. The topological polar surface area (TPSA) is 58.4 Å². The Morgan fingerprint density at radius 2 is 1.62 bits per heavy atom. The standard InChI is InChI=1S/C31H40N4O2/c1-24(2)21-30(36)34-19-11-7-5-4-6-10-18-33(23-27-13-8-9-14-28(27)34)31(37)26-16-15-25(3)29(22-26)35-20-12-17-32-35/h8-9,12-17,20,22,24H,4-7,10-11,18-19,21,23H2,1-3H3. The zero-order valence-corrected chi connectivity index (χ0v) is 22.5. The van der Waals surface area contributed by atoms with E-state index in [9.17, 15) is 9.59 Å². The number of hydrogen-bond acceptors (Lipinski definition) is 3. The molecule has 37 heavy (non-hydrogen) atoms. The third-order valence-corrected chi connectivity index (χ3v) is 7.08. The predicted molar refractivity (Wildman–Crippen MR) is 149 cm³/mol. The highest BCUT2D eigenvalue weighted by Crippen LogP contribution is 2.27. The Bertz CT molecular complexity index is 1190. The minimum Gasteiger partial charge on any atom is -0.334 e. The molecule has 3 aromatic rings. The van der Waals surface area contributed by atoms with Gasteiger partial charge in [0.05, 0.1) is 5.69 Å². The molecular weight excluding hydrogens is 460 g/mol. The highest BCUT2D eigenvalue weighted by Gasteiger charge is 2.23. The highest BCUT2D eigenvalue weighted by atomic mass is 16.2. The van der Waals surface area contributed by atoms with Crippen molar-refractivity contribution in [1.82, 2.24) is 14.7 Å². The number of aromatic nitrogens is 2. The van der Waals surface area contributed by atoms with Crippen LogP contribution in [-0.4, -0.2) is 39.6 Å². The first-order valence-corrected chi connectivity index (χ1v) is 13.7. The molecule has 1 aliphatic rings. The minimum absolute atomic E-state index is 0.0122. The molecule has 0 saturated carbocycles. The molecule has 2 amide bonds. The minimum atomic E-state index is 0.0122.